The fourth-order valence-corrected chi connectivity index (χ4v) is 0.427. The van der Waals surface area contributed by atoms with E-state index >= 15 is 0 Å². The van der Waals surface area contributed by atoms with Crippen molar-refractivity contribution in [3.63, 3.8) is 0 Å². The summed E-state index contributed by atoms with van der Waals surface area (Å²) < 4.78 is 0. The second kappa shape index (κ2) is 4.27. The van der Waals surface area contributed by atoms with Crippen molar-refractivity contribution in [2.45, 2.75) is 0 Å². The molecule has 0 aliphatic rings. The normalized spacial score (nSPS) is 8.36. The number of hydrogen-bond acceptors (Lipinski definition) is 5. The summed E-state index contributed by atoms with van der Waals surface area (Å²) in [4.78, 5) is 16.6. The third kappa shape index (κ3) is 2.83. The van der Waals surface area contributed by atoms with Gasteiger partial charge in [0.25, 0.3) is 0 Å². The van der Waals surface area contributed by atoms with Crippen molar-refractivity contribution in [1.29, 1.82) is 0 Å². The van der Waals surface area contributed by atoms with Crippen LogP contribution in [0, 0.1) is 0 Å². The molecule has 1 N–H and O–H groups in total. The number of hydrogen-bond donors (Lipinski definition) is 1. The van der Waals surface area contributed by atoms with E-state index < -0.39 is 5.97 Å². The Balaban J connectivity index is 0.000001000. The van der Waals surface area contributed by atoms with Gasteiger partial charge in [-0.15, -0.1) is 0 Å². The van der Waals surface area contributed by atoms with Crippen molar-refractivity contribution in [2.24, 2.45) is 0 Å². The molecule has 0 amide bonds. The average molecular weight is 162 g/mol. The van der Waals surface area contributed by atoms with E-state index in [0.29, 0.717) is 0 Å². The number of rotatable bonds is 1. The Morgan fingerprint density at radius 3 is 2.45 bits per heavy atom. The van der Waals surface area contributed by atoms with Gasteiger partial charge >= 0.3 is 29.6 Å². The number of aromatic hydroxyl groups is 1. The van der Waals surface area contributed by atoms with Crippen molar-refractivity contribution < 1.29 is 44.6 Å². The maximum atomic E-state index is 10.0. The summed E-state index contributed by atoms with van der Waals surface area (Å²) in [6.07, 6.45) is 1.86. The summed E-state index contributed by atoms with van der Waals surface area (Å²) >= 11 is 0. The third-order valence-corrected chi connectivity index (χ3v) is 0.847. The maximum Gasteiger partial charge on any atom is 1.00 e. The first-order valence-electron chi connectivity index (χ1n) is 2.42. The third-order valence-electron chi connectivity index (χ3n) is 0.847. The zero-order valence-electron chi connectivity index (χ0n) is 5.81. The van der Waals surface area contributed by atoms with Crippen LogP contribution in [0.15, 0.2) is 12.4 Å². The van der Waals surface area contributed by atoms with E-state index in [0.717, 1.165) is 12.4 Å². The quantitative estimate of drug-likeness (QED) is 0.421. The Labute approximate surface area is 84.4 Å². The molecular weight excluding hydrogens is 159 g/mol. The van der Waals surface area contributed by atoms with Crippen LogP contribution in [0.3, 0.4) is 0 Å². The molecule has 0 spiro atoms. The van der Waals surface area contributed by atoms with E-state index in [1.165, 1.54) is 0 Å². The van der Waals surface area contributed by atoms with Crippen molar-refractivity contribution in [3.05, 3.63) is 18.1 Å². The standard InChI is InChI=1S/C5H4N2O3.Na/c8-4-2-6-3(1-7-4)5(9)10;/h1-2H,(H,7,8)(H,9,10);/q;+1/p-1. The molecule has 0 aliphatic carbocycles. The smallest absolute Gasteiger partial charge is 0.543 e. The summed E-state index contributed by atoms with van der Waals surface area (Å²) in [6, 6.07) is 0. The summed E-state index contributed by atoms with van der Waals surface area (Å²) in [6.45, 7) is 0. The van der Waals surface area contributed by atoms with Crippen LogP contribution in [0.2, 0.25) is 0 Å². The van der Waals surface area contributed by atoms with Gasteiger partial charge in [0.2, 0.25) is 5.88 Å². The van der Waals surface area contributed by atoms with Crippen molar-refractivity contribution in [3.8, 4) is 5.88 Å². The molecule has 0 bridgehead atoms. The Hall–Kier alpha value is -0.650. The number of carboxylic acids is 1. The number of carboxylic acid groups (broad SMARTS) is 1. The predicted molar refractivity (Wildman–Crippen MR) is 28.0 cm³/mol. The molecule has 11 heavy (non-hydrogen) atoms. The SMILES string of the molecule is O=C([O-])c1cnc(O)cn1.[Na+]. The first-order valence-corrected chi connectivity index (χ1v) is 2.42. The molecule has 0 aliphatic heterocycles. The van der Waals surface area contributed by atoms with E-state index in [1.807, 2.05) is 0 Å². The minimum absolute atomic E-state index is 0. The molecule has 5 nitrogen and oxygen atoms in total. The molecule has 1 aromatic heterocycles. The second-order valence-electron chi connectivity index (χ2n) is 1.55. The van der Waals surface area contributed by atoms with Gasteiger partial charge < -0.3 is 15.0 Å². The van der Waals surface area contributed by atoms with Gasteiger partial charge in [-0.25, -0.2) is 9.97 Å². The molecule has 6 heteroatoms. The Kier molecular flexibility index (Phi) is 4.02. The molecule has 0 saturated heterocycles. The van der Waals surface area contributed by atoms with Gasteiger partial charge in [-0.2, -0.15) is 0 Å². The molecule has 0 unspecified atom stereocenters. The predicted octanol–water partition coefficient (Wildman–Crippen LogP) is -4.45. The van der Waals surface area contributed by atoms with E-state index in [4.69, 9.17) is 5.11 Å². The molecule has 1 rings (SSSR count). The molecule has 0 atom stereocenters. The summed E-state index contributed by atoms with van der Waals surface area (Å²) in [7, 11) is 0. The second-order valence-corrected chi connectivity index (χ2v) is 1.55. The van der Waals surface area contributed by atoms with Crippen molar-refractivity contribution in [1.82, 2.24) is 9.97 Å². The maximum absolute atomic E-state index is 10.0. The molecule has 0 saturated carbocycles. The first kappa shape index (κ1) is 10.3. The van der Waals surface area contributed by atoms with Crippen LogP contribution in [0.4, 0.5) is 0 Å². The fraction of sp³-hybridized carbons (Fsp3) is 0. The number of carbonyl (C=O) groups is 1. The number of aromatic carboxylic acids is 1. The van der Waals surface area contributed by atoms with Gasteiger partial charge in [-0.3, -0.25) is 0 Å². The van der Waals surface area contributed by atoms with Gasteiger partial charge in [0.15, 0.2) is 0 Å². The molecule has 0 aromatic carbocycles. The van der Waals surface area contributed by atoms with Crippen LogP contribution in [0.1, 0.15) is 10.5 Å². The molecule has 0 fully saturated rings. The average Bonchev–Trinajstić information content (AvgIpc) is 1.88. The van der Waals surface area contributed by atoms with Gasteiger partial charge in [-0.1, -0.05) is 0 Å². The van der Waals surface area contributed by atoms with Crippen LogP contribution in [-0.4, -0.2) is 21.0 Å². The zero-order valence-corrected chi connectivity index (χ0v) is 7.81. The minimum atomic E-state index is -1.41. The van der Waals surface area contributed by atoms with Gasteiger partial charge in [0, 0.05) is 0 Å². The minimum Gasteiger partial charge on any atom is -0.543 e. The van der Waals surface area contributed by atoms with Crippen molar-refractivity contribution >= 4 is 5.97 Å². The summed E-state index contributed by atoms with van der Waals surface area (Å²) in [5, 5.41) is 18.6. The van der Waals surface area contributed by atoms with Crippen LogP contribution in [0.5, 0.6) is 5.88 Å². The fourth-order valence-electron chi connectivity index (χ4n) is 0.427. The van der Waals surface area contributed by atoms with Crippen LogP contribution in [0.25, 0.3) is 0 Å². The van der Waals surface area contributed by atoms with Crippen LogP contribution >= 0.6 is 0 Å². The number of carbonyl (C=O) groups excluding carboxylic acids is 1. The molecule has 1 heterocycles. The molecular formula is C5H3N2NaO3. The largest absolute Gasteiger partial charge is 1.00 e. The summed E-state index contributed by atoms with van der Waals surface area (Å²) in [5.74, 6) is -1.72. The van der Waals surface area contributed by atoms with E-state index in [9.17, 15) is 9.90 Å². The van der Waals surface area contributed by atoms with E-state index in [-0.39, 0.29) is 41.1 Å². The number of aromatic nitrogens is 2. The van der Waals surface area contributed by atoms with Gasteiger partial charge in [-0.05, 0) is 0 Å². The van der Waals surface area contributed by atoms with Gasteiger partial charge in [0.05, 0.1) is 18.4 Å². The Morgan fingerprint density at radius 1 is 1.45 bits per heavy atom. The topological polar surface area (TPSA) is 86.1 Å². The first-order chi connectivity index (χ1) is 4.70. The Bertz CT molecular complexity index is 248. The molecule has 0 radical (unpaired) electrons. The number of nitrogens with zero attached hydrogens (tertiary/aromatic N) is 2. The molecule has 1 aromatic rings. The van der Waals surface area contributed by atoms with Crippen LogP contribution < -0.4 is 34.7 Å². The van der Waals surface area contributed by atoms with Gasteiger partial charge in [0.1, 0.15) is 5.69 Å². The zero-order chi connectivity index (χ0) is 7.56. The molecule has 52 valence electrons. The van der Waals surface area contributed by atoms with Crippen molar-refractivity contribution in [2.75, 3.05) is 0 Å². The Morgan fingerprint density at radius 2 is 2.09 bits per heavy atom. The van der Waals surface area contributed by atoms with E-state index in [1.54, 1.807) is 0 Å². The monoisotopic (exact) mass is 162 g/mol. The van der Waals surface area contributed by atoms with Crippen LogP contribution in [-0.2, 0) is 0 Å². The summed E-state index contributed by atoms with van der Waals surface area (Å²) in [5.41, 5.74) is -0.294. The van der Waals surface area contributed by atoms with E-state index in [2.05, 4.69) is 9.97 Å².